The largest absolute Gasteiger partial charge is 0.356 e. The summed E-state index contributed by atoms with van der Waals surface area (Å²) in [4.78, 5) is 3.03. The summed E-state index contributed by atoms with van der Waals surface area (Å²) in [5.74, 6) is 1.35. The smallest absolute Gasteiger partial charge is 0.150 e. The molecule has 1 atom stereocenters. The average Bonchev–Trinajstić information content (AvgIpc) is 3.00. The van der Waals surface area contributed by atoms with Crippen LogP contribution in [0.3, 0.4) is 0 Å². The van der Waals surface area contributed by atoms with Crippen LogP contribution in [0.25, 0.3) is 10.9 Å². The second kappa shape index (κ2) is 5.74. The molecule has 1 aromatic carbocycles. The Bertz CT molecular complexity index is 618. The zero-order valence-corrected chi connectivity index (χ0v) is 12.2. The average molecular weight is 296 g/mol. The summed E-state index contributed by atoms with van der Waals surface area (Å²) in [6, 6.07) is 2.93. The van der Waals surface area contributed by atoms with Crippen molar-refractivity contribution in [1.82, 2.24) is 10.3 Å². The molecule has 0 aliphatic carbocycles. The number of aryl methyl sites for hydroxylation is 1. The van der Waals surface area contributed by atoms with E-state index in [1.807, 2.05) is 18.7 Å². The first kappa shape index (κ1) is 13.9. The molecule has 0 amide bonds. The molecule has 20 heavy (non-hydrogen) atoms. The fraction of sp³-hybridized carbons (Fsp3) is 0.467. The number of halogens is 2. The summed E-state index contributed by atoms with van der Waals surface area (Å²) in [7, 11) is 0. The molecule has 1 saturated heterocycles. The van der Waals surface area contributed by atoms with Gasteiger partial charge in [0.1, 0.15) is 11.6 Å². The van der Waals surface area contributed by atoms with Crippen molar-refractivity contribution in [2.24, 2.45) is 0 Å². The summed E-state index contributed by atoms with van der Waals surface area (Å²) in [5.41, 5.74) is 2.35. The van der Waals surface area contributed by atoms with Crippen LogP contribution in [-0.2, 0) is 6.42 Å². The summed E-state index contributed by atoms with van der Waals surface area (Å²) >= 11 is 1.97. The second-order valence-corrected chi connectivity index (χ2v) is 6.45. The number of nitrogens with one attached hydrogen (secondary N) is 2. The molecule has 0 saturated carbocycles. The number of H-pyrrole nitrogens is 1. The van der Waals surface area contributed by atoms with Gasteiger partial charge in [0.05, 0.1) is 5.52 Å². The highest BCUT2D eigenvalue weighted by atomic mass is 32.2. The van der Waals surface area contributed by atoms with Crippen LogP contribution in [0.1, 0.15) is 17.7 Å². The minimum atomic E-state index is -0.519. The van der Waals surface area contributed by atoms with Crippen LogP contribution in [0.15, 0.2) is 12.1 Å². The predicted molar refractivity (Wildman–Crippen MR) is 80.4 cm³/mol. The highest BCUT2D eigenvalue weighted by Gasteiger charge is 2.16. The topological polar surface area (TPSA) is 27.8 Å². The lowest BCUT2D eigenvalue weighted by molar-refractivity contribution is 0.560. The van der Waals surface area contributed by atoms with Crippen molar-refractivity contribution in [1.29, 1.82) is 0 Å². The maximum atomic E-state index is 13.7. The molecule has 2 heterocycles. The fourth-order valence-corrected chi connectivity index (χ4v) is 4.01. The van der Waals surface area contributed by atoms with Gasteiger partial charge in [0, 0.05) is 28.9 Å². The third kappa shape index (κ3) is 2.69. The van der Waals surface area contributed by atoms with Gasteiger partial charge < -0.3 is 10.3 Å². The maximum absolute atomic E-state index is 13.7. The van der Waals surface area contributed by atoms with E-state index in [0.717, 1.165) is 36.0 Å². The van der Waals surface area contributed by atoms with Crippen LogP contribution in [0.2, 0.25) is 0 Å². The predicted octanol–water partition coefficient (Wildman–Crippen LogP) is 3.39. The second-order valence-electron chi connectivity index (χ2n) is 5.30. The van der Waals surface area contributed by atoms with Gasteiger partial charge in [-0.15, -0.1) is 0 Å². The monoisotopic (exact) mass is 296 g/mol. The van der Waals surface area contributed by atoms with E-state index in [1.54, 1.807) is 0 Å². The Morgan fingerprint density at radius 3 is 3.00 bits per heavy atom. The van der Waals surface area contributed by atoms with Crippen LogP contribution < -0.4 is 5.32 Å². The fourth-order valence-electron chi connectivity index (χ4n) is 2.82. The number of fused-ring (bicyclic) bond motifs is 1. The van der Waals surface area contributed by atoms with Gasteiger partial charge in [0.2, 0.25) is 0 Å². The van der Waals surface area contributed by atoms with E-state index in [-0.39, 0.29) is 0 Å². The van der Waals surface area contributed by atoms with E-state index in [9.17, 15) is 8.78 Å². The molecule has 1 aliphatic rings. The lowest BCUT2D eigenvalue weighted by Gasteiger charge is -2.11. The maximum Gasteiger partial charge on any atom is 0.150 e. The molecule has 2 nitrogen and oxygen atoms in total. The molecule has 0 bridgehead atoms. The molecule has 2 aromatic rings. The third-order valence-corrected chi connectivity index (χ3v) is 5.05. The number of aromatic nitrogens is 1. The first-order valence-electron chi connectivity index (χ1n) is 6.92. The number of benzene rings is 1. The minimum absolute atomic E-state index is 0.412. The van der Waals surface area contributed by atoms with Crippen LogP contribution in [-0.4, -0.2) is 29.1 Å². The Labute approximate surface area is 121 Å². The van der Waals surface area contributed by atoms with Crippen molar-refractivity contribution >= 4 is 22.7 Å². The van der Waals surface area contributed by atoms with E-state index in [2.05, 4.69) is 10.3 Å². The molecular weight excluding hydrogens is 278 g/mol. The van der Waals surface area contributed by atoms with Gasteiger partial charge in [0.15, 0.2) is 0 Å². The van der Waals surface area contributed by atoms with Gasteiger partial charge in [-0.1, -0.05) is 0 Å². The van der Waals surface area contributed by atoms with Gasteiger partial charge in [0.25, 0.3) is 0 Å². The van der Waals surface area contributed by atoms with Crippen molar-refractivity contribution in [3.05, 3.63) is 35.0 Å². The molecule has 3 rings (SSSR count). The SMILES string of the molecule is Cc1[nH]c2c(F)cc(F)cc2c1CCN[C@H]1CCSC1. The summed E-state index contributed by atoms with van der Waals surface area (Å²) in [5, 5.41) is 4.19. The molecule has 108 valence electrons. The highest BCUT2D eigenvalue weighted by molar-refractivity contribution is 7.99. The number of hydrogen-bond donors (Lipinski definition) is 2. The molecule has 2 N–H and O–H groups in total. The Morgan fingerprint density at radius 2 is 2.25 bits per heavy atom. The Hall–Kier alpha value is -1.07. The van der Waals surface area contributed by atoms with E-state index >= 15 is 0 Å². The number of hydrogen-bond acceptors (Lipinski definition) is 2. The van der Waals surface area contributed by atoms with Gasteiger partial charge in [-0.3, -0.25) is 0 Å². The molecule has 0 radical (unpaired) electrons. The molecule has 0 unspecified atom stereocenters. The molecule has 1 aliphatic heterocycles. The quantitative estimate of drug-likeness (QED) is 0.905. The van der Waals surface area contributed by atoms with E-state index in [0.29, 0.717) is 16.9 Å². The van der Waals surface area contributed by atoms with E-state index in [1.165, 1.54) is 18.2 Å². The normalized spacial score (nSPS) is 19.1. The van der Waals surface area contributed by atoms with Crippen LogP contribution in [0.4, 0.5) is 8.78 Å². The van der Waals surface area contributed by atoms with Gasteiger partial charge in [-0.25, -0.2) is 8.78 Å². The zero-order chi connectivity index (χ0) is 14.1. The lowest BCUT2D eigenvalue weighted by atomic mass is 10.1. The van der Waals surface area contributed by atoms with Crippen molar-refractivity contribution in [2.45, 2.75) is 25.8 Å². The van der Waals surface area contributed by atoms with Crippen LogP contribution in [0, 0.1) is 18.6 Å². The Morgan fingerprint density at radius 1 is 1.40 bits per heavy atom. The van der Waals surface area contributed by atoms with Crippen molar-refractivity contribution in [2.75, 3.05) is 18.1 Å². The summed E-state index contributed by atoms with van der Waals surface area (Å²) < 4.78 is 27.1. The number of aromatic amines is 1. The van der Waals surface area contributed by atoms with Gasteiger partial charge in [-0.2, -0.15) is 11.8 Å². The molecular formula is C15H18F2N2S. The minimum Gasteiger partial charge on any atom is -0.356 e. The summed E-state index contributed by atoms with van der Waals surface area (Å²) in [6.07, 6.45) is 2.00. The first-order chi connectivity index (χ1) is 9.65. The number of thioether (sulfide) groups is 1. The van der Waals surface area contributed by atoms with Gasteiger partial charge >= 0.3 is 0 Å². The molecule has 0 spiro atoms. The zero-order valence-electron chi connectivity index (χ0n) is 11.4. The molecule has 1 aromatic heterocycles. The molecule has 5 heteroatoms. The van der Waals surface area contributed by atoms with E-state index < -0.39 is 11.6 Å². The van der Waals surface area contributed by atoms with Crippen molar-refractivity contribution < 1.29 is 8.78 Å². The van der Waals surface area contributed by atoms with Crippen molar-refractivity contribution in [3.63, 3.8) is 0 Å². The lowest BCUT2D eigenvalue weighted by Crippen LogP contribution is -2.30. The van der Waals surface area contributed by atoms with E-state index in [4.69, 9.17) is 0 Å². The van der Waals surface area contributed by atoms with Crippen LogP contribution in [0.5, 0.6) is 0 Å². The molecule has 1 fully saturated rings. The Kier molecular flexibility index (Phi) is 3.98. The third-order valence-electron chi connectivity index (χ3n) is 3.88. The van der Waals surface area contributed by atoms with Gasteiger partial charge in [-0.05, 0) is 43.7 Å². The Balaban J connectivity index is 1.78. The number of rotatable bonds is 4. The highest BCUT2D eigenvalue weighted by Crippen LogP contribution is 2.26. The van der Waals surface area contributed by atoms with Crippen molar-refractivity contribution in [3.8, 4) is 0 Å². The first-order valence-corrected chi connectivity index (χ1v) is 8.08. The standard InChI is InChI=1S/C15H18F2N2S/c1-9-12(2-4-18-11-3-5-20-8-11)13-6-10(16)7-14(17)15(13)19-9/h6-7,11,18-19H,2-5,8H2,1H3/t11-/m0/s1. The summed E-state index contributed by atoms with van der Waals surface area (Å²) in [6.45, 7) is 2.76. The van der Waals surface area contributed by atoms with Crippen LogP contribution >= 0.6 is 11.8 Å².